The second kappa shape index (κ2) is 5.65. The van der Waals surface area contributed by atoms with Crippen molar-refractivity contribution in [2.24, 2.45) is 5.73 Å². The van der Waals surface area contributed by atoms with Gasteiger partial charge in [-0.2, -0.15) is 11.8 Å². The third-order valence-electron chi connectivity index (χ3n) is 2.83. The van der Waals surface area contributed by atoms with Gasteiger partial charge in [0.15, 0.2) is 0 Å². The Balaban J connectivity index is 2.21. The Kier molecular flexibility index (Phi) is 4.18. The molecule has 0 aliphatic carbocycles. The summed E-state index contributed by atoms with van der Waals surface area (Å²) in [5.74, 6) is 2.41. The molecule has 1 aliphatic heterocycles. The minimum absolute atomic E-state index is 0.0213. The normalized spacial score (nSPS) is 16.6. The summed E-state index contributed by atoms with van der Waals surface area (Å²) in [5, 5.41) is 7.96. The van der Waals surface area contributed by atoms with Gasteiger partial charge in [-0.3, -0.25) is 5.41 Å². The van der Waals surface area contributed by atoms with Crippen LogP contribution in [-0.2, 0) is 0 Å². The molecule has 0 saturated carbocycles. The molecule has 0 spiro atoms. The van der Waals surface area contributed by atoms with Gasteiger partial charge in [0.1, 0.15) is 5.84 Å². The fourth-order valence-electron chi connectivity index (χ4n) is 1.92. The Labute approximate surface area is 111 Å². The van der Waals surface area contributed by atoms with E-state index in [2.05, 4.69) is 4.90 Å². The summed E-state index contributed by atoms with van der Waals surface area (Å²) >= 11 is 8.13. The van der Waals surface area contributed by atoms with Crippen LogP contribution in [0.3, 0.4) is 0 Å². The van der Waals surface area contributed by atoms with Crippen LogP contribution < -0.4 is 10.6 Å². The van der Waals surface area contributed by atoms with Crippen molar-refractivity contribution in [3.05, 3.63) is 28.8 Å². The lowest BCUT2D eigenvalue weighted by atomic mass is 10.1. The van der Waals surface area contributed by atoms with Gasteiger partial charge in [-0.15, -0.1) is 0 Å². The Morgan fingerprint density at radius 1 is 1.35 bits per heavy atom. The summed E-state index contributed by atoms with van der Waals surface area (Å²) in [5.41, 5.74) is 7.19. The molecule has 1 saturated heterocycles. The van der Waals surface area contributed by atoms with Gasteiger partial charge < -0.3 is 10.6 Å². The smallest absolute Gasteiger partial charge is 0.124 e. The zero-order chi connectivity index (χ0) is 12.3. The molecule has 0 atom stereocenters. The Bertz CT molecular complexity index is 414. The minimum Gasteiger partial charge on any atom is -0.384 e. The number of benzene rings is 1. The molecule has 1 aliphatic rings. The van der Waals surface area contributed by atoms with E-state index in [1.54, 1.807) is 0 Å². The summed E-state index contributed by atoms with van der Waals surface area (Å²) in [6.07, 6.45) is 1.21. The Morgan fingerprint density at radius 2 is 2.18 bits per heavy atom. The fraction of sp³-hybridized carbons (Fsp3) is 0.417. The van der Waals surface area contributed by atoms with Crippen LogP contribution in [0.4, 0.5) is 5.69 Å². The molecule has 0 unspecified atom stereocenters. The highest BCUT2D eigenvalue weighted by Crippen LogP contribution is 2.25. The lowest BCUT2D eigenvalue weighted by molar-refractivity contribution is 0.816. The van der Waals surface area contributed by atoms with Gasteiger partial charge in [0.25, 0.3) is 0 Å². The second-order valence-electron chi connectivity index (χ2n) is 4.03. The maximum Gasteiger partial charge on any atom is 0.124 e. The molecular weight excluding hydrogens is 254 g/mol. The number of nitrogens with two attached hydrogens (primary N) is 1. The number of nitrogens with one attached hydrogen (secondary N) is 1. The SMILES string of the molecule is N=C(N)c1ccc(N2CCCSCC2)cc1Cl. The van der Waals surface area contributed by atoms with Crippen molar-refractivity contribution >= 4 is 34.9 Å². The van der Waals surface area contributed by atoms with E-state index >= 15 is 0 Å². The van der Waals surface area contributed by atoms with E-state index in [1.165, 1.54) is 12.2 Å². The Hall–Kier alpha value is -0.870. The highest BCUT2D eigenvalue weighted by molar-refractivity contribution is 7.99. The van der Waals surface area contributed by atoms with E-state index in [1.807, 2.05) is 30.0 Å². The van der Waals surface area contributed by atoms with E-state index in [0.717, 1.165) is 24.5 Å². The summed E-state index contributed by atoms with van der Waals surface area (Å²) in [6.45, 7) is 2.13. The molecule has 5 heteroatoms. The van der Waals surface area contributed by atoms with Gasteiger partial charge in [-0.1, -0.05) is 11.6 Å². The standard InChI is InChI=1S/C12H16ClN3S/c13-11-8-9(2-3-10(11)12(14)15)16-4-1-6-17-7-5-16/h2-3,8H,1,4-7H2,(H3,14,15). The quantitative estimate of drug-likeness (QED) is 0.641. The van der Waals surface area contributed by atoms with Crippen molar-refractivity contribution in [2.45, 2.75) is 6.42 Å². The molecule has 2 rings (SSSR count). The fourth-order valence-corrected chi connectivity index (χ4v) is 3.09. The first kappa shape index (κ1) is 12.6. The molecule has 1 fully saturated rings. The van der Waals surface area contributed by atoms with Crippen LogP contribution in [0.2, 0.25) is 5.02 Å². The van der Waals surface area contributed by atoms with Crippen molar-refractivity contribution in [3.8, 4) is 0 Å². The molecule has 3 N–H and O–H groups in total. The van der Waals surface area contributed by atoms with Crippen LogP contribution >= 0.6 is 23.4 Å². The summed E-state index contributed by atoms with van der Waals surface area (Å²) in [7, 11) is 0. The van der Waals surface area contributed by atoms with Crippen LogP contribution in [0.25, 0.3) is 0 Å². The molecule has 1 aromatic carbocycles. The highest BCUT2D eigenvalue weighted by Gasteiger charge is 2.12. The first-order valence-corrected chi connectivity index (χ1v) is 7.18. The molecule has 92 valence electrons. The minimum atomic E-state index is 0.0213. The zero-order valence-corrected chi connectivity index (χ0v) is 11.2. The summed E-state index contributed by atoms with van der Waals surface area (Å²) in [4.78, 5) is 2.34. The molecule has 1 aromatic rings. The van der Waals surface area contributed by atoms with E-state index in [0.29, 0.717) is 10.6 Å². The molecular formula is C12H16ClN3S. The molecule has 0 radical (unpaired) electrons. The predicted octanol–water partition coefficient (Wildman–Crippen LogP) is 2.57. The number of rotatable bonds is 2. The number of amidine groups is 1. The van der Waals surface area contributed by atoms with Crippen LogP contribution in [0.5, 0.6) is 0 Å². The second-order valence-corrected chi connectivity index (χ2v) is 5.66. The van der Waals surface area contributed by atoms with Crippen molar-refractivity contribution in [2.75, 3.05) is 29.5 Å². The van der Waals surface area contributed by atoms with Crippen LogP contribution in [0, 0.1) is 5.41 Å². The molecule has 1 heterocycles. The van der Waals surface area contributed by atoms with Gasteiger partial charge in [0.05, 0.1) is 5.02 Å². The number of thioether (sulfide) groups is 1. The Morgan fingerprint density at radius 3 is 2.88 bits per heavy atom. The lowest BCUT2D eigenvalue weighted by Gasteiger charge is -2.22. The maximum absolute atomic E-state index is 7.40. The van der Waals surface area contributed by atoms with Crippen molar-refractivity contribution in [3.63, 3.8) is 0 Å². The number of nitrogen functional groups attached to an aromatic ring is 1. The van der Waals surface area contributed by atoms with Crippen LogP contribution in [0.15, 0.2) is 18.2 Å². The molecule has 0 bridgehead atoms. The number of halogens is 1. The number of anilines is 1. The van der Waals surface area contributed by atoms with Gasteiger partial charge in [0.2, 0.25) is 0 Å². The topological polar surface area (TPSA) is 53.1 Å². The number of hydrogen-bond acceptors (Lipinski definition) is 3. The first-order chi connectivity index (χ1) is 8.18. The van der Waals surface area contributed by atoms with E-state index in [4.69, 9.17) is 22.7 Å². The van der Waals surface area contributed by atoms with Gasteiger partial charge in [-0.25, -0.2) is 0 Å². The molecule has 0 aromatic heterocycles. The third-order valence-corrected chi connectivity index (χ3v) is 4.19. The van der Waals surface area contributed by atoms with Crippen molar-refractivity contribution in [1.29, 1.82) is 5.41 Å². The maximum atomic E-state index is 7.40. The summed E-state index contributed by atoms with van der Waals surface area (Å²) < 4.78 is 0. The lowest BCUT2D eigenvalue weighted by Crippen LogP contribution is -2.25. The average molecular weight is 270 g/mol. The predicted molar refractivity (Wildman–Crippen MR) is 76.6 cm³/mol. The van der Waals surface area contributed by atoms with E-state index < -0.39 is 0 Å². The number of hydrogen-bond donors (Lipinski definition) is 2. The van der Waals surface area contributed by atoms with E-state index in [9.17, 15) is 0 Å². The number of nitrogens with zero attached hydrogens (tertiary/aromatic N) is 1. The van der Waals surface area contributed by atoms with Crippen molar-refractivity contribution < 1.29 is 0 Å². The van der Waals surface area contributed by atoms with Gasteiger partial charge in [0, 0.05) is 30.1 Å². The largest absolute Gasteiger partial charge is 0.384 e. The molecule has 0 amide bonds. The zero-order valence-electron chi connectivity index (χ0n) is 9.58. The molecule has 3 nitrogen and oxygen atoms in total. The summed E-state index contributed by atoms with van der Waals surface area (Å²) in [6, 6.07) is 5.74. The van der Waals surface area contributed by atoms with Crippen LogP contribution in [-0.4, -0.2) is 30.4 Å². The first-order valence-electron chi connectivity index (χ1n) is 5.65. The average Bonchev–Trinajstić information content (AvgIpc) is 2.56. The molecule has 17 heavy (non-hydrogen) atoms. The van der Waals surface area contributed by atoms with Gasteiger partial charge in [-0.05, 0) is 30.4 Å². The third kappa shape index (κ3) is 3.07. The van der Waals surface area contributed by atoms with Gasteiger partial charge >= 0.3 is 0 Å². The monoisotopic (exact) mass is 269 g/mol. The van der Waals surface area contributed by atoms with Crippen LogP contribution in [0.1, 0.15) is 12.0 Å². The van der Waals surface area contributed by atoms with E-state index in [-0.39, 0.29) is 5.84 Å². The highest BCUT2D eigenvalue weighted by atomic mass is 35.5. The van der Waals surface area contributed by atoms with Crippen molar-refractivity contribution in [1.82, 2.24) is 0 Å².